The van der Waals surface area contributed by atoms with E-state index in [0.717, 1.165) is 0 Å². The second-order valence-corrected chi connectivity index (χ2v) is 1.99. The molecule has 0 atom stereocenters. The van der Waals surface area contributed by atoms with Gasteiger partial charge in [-0.2, -0.15) is 0 Å². The Morgan fingerprint density at radius 2 is 1.40 bits per heavy atom. The summed E-state index contributed by atoms with van der Waals surface area (Å²) in [6.45, 7) is 0. The molecule has 0 radical (unpaired) electrons. The number of phosphoric acid groups is 1. The Morgan fingerprint density at radius 1 is 1.10 bits per heavy atom. The quantitative estimate of drug-likeness (QED) is 0.261. The molecule has 0 aliphatic carbocycles. The largest absolute Gasteiger partial charge is 1.00 e. The van der Waals surface area contributed by atoms with Crippen molar-refractivity contribution in [3.05, 3.63) is 0 Å². The second kappa shape index (κ2) is 10.5. The van der Waals surface area contributed by atoms with Gasteiger partial charge in [-0.15, -0.1) is 0 Å². The van der Waals surface area contributed by atoms with Gasteiger partial charge >= 0.3 is 162 Å². The molecule has 0 amide bonds. The molecular formula is H4K3O6P. The van der Waals surface area contributed by atoms with E-state index in [1.54, 1.807) is 0 Å². The van der Waals surface area contributed by atoms with Crippen LogP contribution in [0.3, 0.4) is 0 Å². The minimum absolute atomic E-state index is 0. The van der Waals surface area contributed by atoms with E-state index in [2.05, 4.69) is 19.4 Å². The maximum Gasteiger partial charge on any atom is 1.00 e. The first kappa shape index (κ1) is 20.4. The Hall–Kier alpha value is 4.94. The molecule has 1 N–H and O–H groups in total. The van der Waals surface area contributed by atoms with E-state index < -0.39 is 7.82 Å². The predicted octanol–water partition coefficient (Wildman–Crippen LogP) is -8.74. The molecule has 10 heteroatoms. The average molecular weight is 248 g/mol. The Labute approximate surface area is 189 Å². The van der Waals surface area contributed by atoms with Crippen LogP contribution in [-0.4, -0.2) is 4.89 Å². The Balaban J connectivity index is -0.0000000204. The van der Waals surface area contributed by atoms with Crippen molar-refractivity contribution in [3.63, 3.8) is 0 Å². The van der Waals surface area contributed by atoms with Gasteiger partial charge in [0.05, 0.1) is 0 Å². The fourth-order valence-electron chi connectivity index (χ4n) is 0.114. The summed E-state index contributed by atoms with van der Waals surface area (Å²) in [4.78, 5) is 8.06. The molecule has 0 spiro atoms. The van der Waals surface area contributed by atoms with Crippen LogP contribution in [0, 0.1) is 0 Å². The first-order chi connectivity index (χ1) is 3.21. The molecule has 0 saturated carbocycles. The summed E-state index contributed by atoms with van der Waals surface area (Å²) < 4.78 is 16.9. The zero-order chi connectivity index (χ0) is 5.33. The summed E-state index contributed by atoms with van der Waals surface area (Å²) in [6.07, 6.45) is 0. The van der Waals surface area contributed by atoms with E-state index in [-0.39, 0.29) is 158 Å². The third-order valence-electron chi connectivity index (χ3n) is 0.277. The molecule has 1 aliphatic heterocycles. The molecule has 0 aromatic heterocycles. The van der Waals surface area contributed by atoms with Crippen LogP contribution in [0.15, 0.2) is 0 Å². The first-order valence-corrected chi connectivity index (χ1v) is 2.74. The van der Waals surface area contributed by atoms with Crippen molar-refractivity contribution < 1.29 is 187 Å². The number of hydrogen-bond donors (Lipinski definition) is 1. The minimum Gasteiger partial charge on any atom is -1.00 e. The van der Waals surface area contributed by atoms with Gasteiger partial charge in [-0.05, 0) is 10.1 Å². The van der Waals surface area contributed by atoms with Crippen molar-refractivity contribution in [2.45, 2.75) is 0 Å². The van der Waals surface area contributed by atoms with Crippen molar-refractivity contribution in [3.8, 4) is 0 Å². The molecule has 0 aromatic carbocycles. The second-order valence-electron chi connectivity index (χ2n) is 0.754. The van der Waals surface area contributed by atoms with Crippen LogP contribution >= 0.6 is 7.82 Å². The van der Waals surface area contributed by atoms with Gasteiger partial charge in [0.2, 0.25) is 0 Å². The Kier molecular flexibility index (Phi) is 21.3. The van der Waals surface area contributed by atoms with E-state index in [0.29, 0.717) is 0 Å². The van der Waals surface area contributed by atoms with Crippen LogP contribution in [0.5, 0.6) is 0 Å². The summed E-state index contributed by atoms with van der Waals surface area (Å²) in [5.74, 6) is 0. The van der Waals surface area contributed by atoms with Gasteiger partial charge in [0.25, 0.3) is 0 Å². The Bertz CT molecular complexity index is 114. The van der Waals surface area contributed by atoms with E-state index in [4.69, 9.17) is 4.89 Å². The molecule has 48 valence electrons. The zero-order valence-corrected chi connectivity index (χ0v) is 16.2. The fraction of sp³-hybridized carbons (Fsp3) is 0. The SMILES string of the molecule is O=P1(O)OOOO1.[H-].[H-].[H-].[K+].[K+].[K+]. The van der Waals surface area contributed by atoms with Crippen molar-refractivity contribution in [2.24, 2.45) is 0 Å². The molecule has 0 bridgehead atoms. The summed E-state index contributed by atoms with van der Waals surface area (Å²) in [7, 11) is -3.99. The van der Waals surface area contributed by atoms with E-state index >= 15 is 0 Å². The topological polar surface area (TPSA) is 74.2 Å². The fourth-order valence-corrected chi connectivity index (χ4v) is 0.343. The van der Waals surface area contributed by atoms with Crippen molar-refractivity contribution in [2.75, 3.05) is 0 Å². The van der Waals surface area contributed by atoms with Gasteiger partial charge < -0.3 is 4.28 Å². The number of hydrogen-bond acceptors (Lipinski definition) is 5. The summed E-state index contributed by atoms with van der Waals surface area (Å²) in [5.41, 5.74) is 0. The van der Waals surface area contributed by atoms with Crippen molar-refractivity contribution in [1.82, 2.24) is 0 Å². The van der Waals surface area contributed by atoms with Crippen LogP contribution in [-0.2, 0) is 24.0 Å². The minimum atomic E-state index is -3.99. The van der Waals surface area contributed by atoms with Crippen LogP contribution in [0.4, 0.5) is 0 Å². The number of rotatable bonds is 0. The summed E-state index contributed by atoms with van der Waals surface area (Å²) >= 11 is 0. The first-order valence-electron chi connectivity index (χ1n) is 1.25. The van der Waals surface area contributed by atoms with E-state index in [1.165, 1.54) is 0 Å². The van der Waals surface area contributed by atoms with Gasteiger partial charge in [0.1, 0.15) is 0 Å². The maximum absolute atomic E-state index is 9.88. The third kappa shape index (κ3) is 9.49. The van der Waals surface area contributed by atoms with Crippen LogP contribution < -0.4 is 154 Å². The van der Waals surface area contributed by atoms with Crippen molar-refractivity contribution in [1.29, 1.82) is 0 Å². The maximum atomic E-state index is 9.88. The van der Waals surface area contributed by atoms with Crippen LogP contribution in [0.2, 0.25) is 0 Å². The molecule has 1 aliphatic rings. The Morgan fingerprint density at radius 3 is 1.50 bits per heavy atom. The summed E-state index contributed by atoms with van der Waals surface area (Å²) in [6, 6.07) is 0. The molecule has 10 heavy (non-hydrogen) atoms. The standard InChI is InChI=1S/3K.HO6P.3H/c;;;1-7(2)5-3-4-6-7;;;/h;;;(H,1,2);;;/q3*+1;;3*-1. The molecule has 6 nitrogen and oxygen atoms in total. The molecule has 1 heterocycles. The predicted molar refractivity (Wildman–Crippen MR) is 17.5 cm³/mol. The molecule has 1 fully saturated rings. The molecule has 1 saturated heterocycles. The van der Waals surface area contributed by atoms with Gasteiger partial charge in [-0.1, -0.05) is 9.35 Å². The van der Waals surface area contributed by atoms with E-state index in [1.807, 2.05) is 0 Å². The molecule has 0 aromatic rings. The molecular weight excluding hydrogens is 244 g/mol. The van der Waals surface area contributed by atoms with Crippen LogP contribution in [0.1, 0.15) is 4.28 Å². The molecule has 0 unspecified atom stereocenters. The summed E-state index contributed by atoms with van der Waals surface area (Å²) in [5, 5.41) is 6.85. The smallest absolute Gasteiger partial charge is 1.00 e. The third-order valence-corrected chi connectivity index (χ3v) is 0.776. The normalized spacial score (nSPS) is 19.7. The van der Waals surface area contributed by atoms with Crippen molar-refractivity contribution >= 4 is 7.82 Å². The van der Waals surface area contributed by atoms with Crippen LogP contribution in [0.25, 0.3) is 0 Å². The zero-order valence-electron chi connectivity index (χ0n) is 8.94. The molecule has 1 rings (SSSR count). The van der Waals surface area contributed by atoms with Gasteiger partial charge in [-0.3, -0.25) is 4.89 Å². The van der Waals surface area contributed by atoms with Gasteiger partial charge in [-0.25, -0.2) is 4.57 Å². The van der Waals surface area contributed by atoms with E-state index in [9.17, 15) is 4.57 Å². The van der Waals surface area contributed by atoms with Gasteiger partial charge in [0.15, 0.2) is 0 Å². The monoisotopic (exact) mass is 248 g/mol. The van der Waals surface area contributed by atoms with Gasteiger partial charge in [0, 0.05) is 0 Å². The average Bonchev–Trinajstić information content (AvgIpc) is 1.84.